The Kier molecular flexibility index (Phi) is 6.04. The van der Waals surface area contributed by atoms with Crippen LogP contribution in [0.25, 0.3) is 5.69 Å². The van der Waals surface area contributed by atoms with E-state index in [1.165, 1.54) is 7.11 Å². The van der Waals surface area contributed by atoms with Gasteiger partial charge < -0.3 is 19.5 Å². The first-order chi connectivity index (χ1) is 16.6. The van der Waals surface area contributed by atoms with Gasteiger partial charge in [-0.25, -0.2) is 4.79 Å². The molecule has 1 N–H and O–H groups in total. The van der Waals surface area contributed by atoms with Gasteiger partial charge in [0.05, 0.1) is 24.4 Å². The predicted octanol–water partition coefficient (Wildman–Crippen LogP) is 5.49. The maximum absolute atomic E-state index is 11.9. The summed E-state index contributed by atoms with van der Waals surface area (Å²) in [5, 5.41) is 4.74. The molecule has 34 heavy (non-hydrogen) atoms. The SMILES string of the molecule is COC(=O)c1ccc(-n2cccc2[C@H]2[C@@H](c3ccccn3)NC(=S)N2c2ccc(Cl)cc2)cc1. The Morgan fingerprint density at radius 3 is 2.41 bits per heavy atom. The molecular weight excluding hydrogens is 468 g/mol. The first-order valence-corrected chi connectivity index (χ1v) is 11.5. The highest BCUT2D eigenvalue weighted by molar-refractivity contribution is 7.80. The number of aromatic nitrogens is 2. The van der Waals surface area contributed by atoms with Crippen molar-refractivity contribution in [2.45, 2.75) is 12.1 Å². The van der Waals surface area contributed by atoms with Crippen molar-refractivity contribution in [3.8, 4) is 5.69 Å². The van der Waals surface area contributed by atoms with Crippen LogP contribution in [0.4, 0.5) is 5.69 Å². The number of hydrogen-bond acceptors (Lipinski definition) is 4. The van der Waals surface area contributed by atoms with Gasteiger partial charge >= 0.3 is 5.97 Å². The fourth-order valence-corrected chi connectivity index (χ4v) is 4.75. The minimum absolute atomic E-state index is 0.174. The fourth-order valence-electron chi connectivity index (χ4n) is 4.28. The van der Waals surface area contributed by atoms with Crippen LogP contribution in [0.15, 0.2) is 91.3 Å². The second kappa shape index (κ2) is 9.29. The van der Waals surface area contributed by atoms with Crippen molar-refractivity contribution in [3.05, 3.63) is 113 Å². The van der Waals surface area contributed by atoms with E-state index < -0.39 is 0 Å². The molecular formula is C26H21ClN4O2S. The lowest BCUT2D eigenvalue weighted by Gasteiger charge is -2.29. The van der Waals surface area contributed by atoms with E-state index in [-0.39, 0.29) is 18.1 Å². The normalized spacial score (nSPS) is 17.5. The van der Waals surface area contributed by atoms with Crippen LogP contribution in [-0.2, 0) is 4.74 Å². The zero-order valence-corrected chi connectivity index (χ0v) is 19.8. The Bertz CT molecular complexity index is 1320. The Balaban J connectivity index is 1.61. The summed E-state index contributed by atoms with van der Waals surface area (Å²) in [5.74, 6) is -0.367. The van der Waals surface area contributed by atoms with Gasteiger partial charge in [0.15, 0.2) is 5.11 Å². The molecule has 5 rings (SSSR count). The van der Waals surface area contributed by atoms with Crippen LogP contribution in [0, 0.1) is 0 Å². The summed E-state index contributed by atoms with van der Waals surface area (Å²) in [7, 11) is 1.37. The van der Waals surface area contributed by atoms with Crippen molar-refractivity contribution >= 4 is 40.6 Å². The van der Waals surface area contributed by atoms with Gasteiger partial charge in [-0.15, -0.1) is 0 Å². The maximum atomic E-state index is 11.9. The highest BCUT2D eigenvalue weighted by Gasteiger charge is 2.42. The van der Waals surface area contributed by atoms with E-state index in [4.69, 9.17) is 28.6 Å². The molecule has 0 radical (unpaired) electrons. The number of ether oxygens (including phenoxy) is 1. The van der Waals surface area contributed by atoms with E-state index in [0.29, 0.717) is 15.7 Å². The monoisotopic (exact) mass is 488 g/mol. The van der Waals surface area contributed by atoms with E-state index in [2.05, 4.69) is 25.8 Å². The van der Waals surface area contributed by atoms with E-state index in [9.17, 15) is 4.79 Å². The van der Waals surface area contributed by atoms with Crippen LogP contribution in [0.3, 0.4) is 0 Å². The largest absolute Gasteiger partial charge is 0.465 e. The molecule has 3 heterocycles. The maximum Gasteiger partial charge on any atom is 0.337 e. The quantitative estimate of drug-likeness (QED) is 0.296. The summed E-state index contributed by atoms with van der Waals surface area (Å²) < 4.78 is 6.92. The van der Waals surface area contributed by atoms with Crippen molar-refractivity contribution in [1.29, 1.82) is 0 Å². The van der Waals surface area contributed by atoms with Gasteiger partial charge in [0.2, 0.25) is 0 Å². The number of halogens is 1. The molecule has 0 aliphatic carbocycles. The average molecular weight is 489 g/mol. The molecule has 0 amide bonds. The Labute approximate surface area is 207 Å². The third kappa shape index (κ3) is 4.04. The Hall–Kier alpha value is -3.68. The van der Waals surface area contributed by atoms with Crippen molar-refractivity contribution < 1.29 is 9.53 Å². The van der Waals surface area contributed by atoms with Crippen molar-refractivity contribution in [1.82, 2.24) is 14.9 Å². The highest BCUT2D eigenvalue weighted by Crippen LogP contribution is 2.42. The number of rotatable bonds is 5. The smallest absolute Gasteiger partial charge is 0.337 e. The number of benzene rings is 2. The fraction of sp³-hybridized carbons (Fsp3) is 0.115. The summed E-state index contributed by atoms with van der Waals surface area (Å²) in [6.07, 6.45) is 3.78. The predicted molar refractivity (Wildman–Crippen MR) is 136 cm³/mol. The van der Waals surface area contributed by atoms with Gasteiger partial charge in [0.25, 0.3) is 0 Å². The number of thiocarbonyl (C=S) groups is 1. The molecule has 170 valence electrons. The second-order valence-electron chi connectivity index (χ2n) is 7.81. The lowest BCUT2D eigenvalue weighted by molar-refractivity contribution is 0.0600. The first kappa shape index (κ1) is 22.1. The van der Waals surface area contributed by atoms with Crippen LogP contribution in [0.2, 0.25) is 5.02 Å². The molecule has 6 nitrogen and oxygen atoms in total. The number of carbonyl (C=O) groups excluding carboxylic acids is 1. The highest BCUT2D eigenvalue weighted by atomic mass is 35.5. The van der Waals surface area contributed by atoms with Crippen LogP contribution in [0.1, 0.15) is 33.8 Å². The van der Waals surface area contributed by atoms with Crippen LogP contribution in [0.5, 0.6) is 0 Å². The minimum Gasteiger partial charge on any atom is -0.465 e. The third-order valence-corrected chi connectivity index (χ3v) is 6.42. The summed E-state index contributed by atoms with van der Waals surface area (Å²) in [6, 6.07) is 24.5. The number of methoxy groups -OCH3 is 1. The zero-order chi connectivity index (χ0) is 23.7. The molecule has 1 aliphatic rings. The average Bonchev–Trinajstić information content (AvgIpc) is 3.49. The molecule has 0 spiro atoms. The summed E-state index contributed by atoms with van der Waals surface area (Å²) in [4.78, 5) is 18.6. The molecule has 0 bridgehead atoms. The van der Waals surface area contributed by atoms with Crippen molar-refractivity contribution in [2.75, 3.05) is 12.0 Å². The molecule has 8 heteroatoms. The summed E-state index contributed by atoms with van der Waals surface area (Å²) in [5.41, 5.74) is 4.25. The number of esters is 1. The Morgan fingerprint density at radius 1 is 1.00 bits per heavy atom. The number of anilines is 1. The van der Waals surface area contributed by atoms with Crippen molar-refractivity contribution in [3.63, 3.8) is 0 Å². The standard InChI is InChI=1S/C26H21ClN4O2S/c1-33-25(32)17-7-11-19(12-8-17)30-16-4-6-22(30)24-23(21-5-2-3-15-28-21)29-26(34)31(24)20-13-9-18(27)10-14-20/h2-16,23-24H,1H3,(H,29,34)/t23-,24+/m1/s1. The zero-order valence-electron chi connectivity index (χ0n) is 18.3. The van der Waals surface area contributed by atoms with Gasteiger partial charge in [-0.3, -0.25) is 4.98 Å². The van der Waals surface area contributed by atoms with Gasteiger partial charge in [-0.1, -0.05) is 17.7 Å². The van der Waals surface area contributed by atoms with E-state index in [1.54, 1.807) is 18.3 Å². The summed E-state index contributed by atoms with van der Waals surface area (Å²) >= 11 is 11.9. The lowest BCUT2D eigenvalue weighted by atomic mass is 10.0. The Morgan fingerprint density at radius 2 is 1.74 bits per heavy atom. The first-order valence-electron chi connectivity index (χ1n) is 10.7. The summed E-state index contributed by atoms with van der Waals surface area (Å²) in [6.45, 7) is 0. The van der Waals surface area contributed by atoms with Crippen LogP contribution in [-0.4, -0.2) is 27.7 Å². The lowest BCUT2D eigenvalue weighted by Crippen LogP contribution is -2.30. The molecule has 0 unspecified atom stereocenters. The topological polar surface area (TPSA) is 59.4 Å². The molecule has 0 saturated carbocycles. The van der Waals surface area contributed by atoms with E-state index in [0.717, 1.165) is 22.8 Å². The van der Waals surface area contributed by atoms with Crippen LogP contribution >= 0.6 is 23.8 Å². The molecule has 2 aromatic carbocycles. The van der Waals surface area contributed by atoms with Crippen molar-refractivity contribution in [2.24, 2.45) is 0 Å². The molecule has 1 aliphatic heterocycles. The molecule has 1 saturated heterocycles. The third-order valence-electron chi connectivity index (χ3n) is 5.85. The van der Waals surface area contributed by atoms with Gasteiger partial charge in [-0.05, 0) is 85.0 Å². The van der Waals surface area contributed by atoms with Crippen LogP contribution < -0.4 is 10.2 Å². The van der Waals surface area contributed by atoms with Gasteiger partial charge in [0, 0.05) is 34.5 Å². The molecule has 2 aromatic heterocycles. The van der Waals surface area contributed by atoms with Gasteiger partial charge in [0.1, 0.15) is 6.04 Å². The molecule has 1 fully saturated rings. The number of carbonyl (C=O) groups is 1. The van der Waals surface area contributed by atoms with Gasteiger partial charge in [-0.2, -0.15) is 0 Å². The number of pyridine rings is 1. The minimum atomic E-state index is -0.367. The molecule has 4 aromatic rings. The second-order valence-corrected chi connectivity index (χ2v) is 8.64. The van der Waals surface area contributed by atoms with E-state index >= 15 is 0 Å². The van der Waals surface area contributed by atoms with E-state index in [1.807, 2.05) is 66.9 Å². The molecule has 2 atom stereocenters. The number of nitrogens with zero attached hydrogens (tertiary/aromatic N) is 3. The number of hydrogen-bond donors (Lipinski definition) is 1. The number of nitrogens with one attached hydrogen (secondary N) is 1.